The Balaban J connectivity index is 1.52. The highest BCUT2D eigenvalue weighted by Crippen LogP contribution is 2.26. The lowest BCUT2D eigenvalue weighted by molar-refractivity contribution is -0.114. The number of halogens is 1. The molecule has 0 heterocycles. The summed E-state index contributed by atoms with van der Waals surface area (Å²) in [6.45, 7) is -0.526. The number of rotatable bonds is 10. The summed E-state index contributed by atoms with van der Waals surface area (Å²) in [7, 11) is -6.48. The van der Waals surface area contributed by atoms with Crippen LogP contribution in [0.1, 0.15) is 0 Å². The molecule has 0 spiro atoms. The zero-order valence-corrected chi connectivity index (χ0v) is 23.0. The van der Waals surface area contributed by atoms with Crippen LogP contribution >= 0.6 is 11.6 Å². The molecule has 39 heavy (non-hydrogen) atoms. The number of methoxy groups -OCH3 is 1. The quantitative estimate of drug-likeness (QED) is 0.271. The Morgan fingerprint density at radius 2 is 1.36 bits per heavy atom. The molecule has 0 unspecified atom stereocenters. The van der Waals surface area contributed by atoms with E-state index in [9.17, 15) is 21.6 Å². The summed E-state index contributed by atoms with van der Waals surface area (Å²) in [4.78, 5) is 13.0. The molecular formula is C27H24ClN3O6S2. The van der Waals surface area contributed by atoms with Crippen molar-refractivity contribution in [3.63, 3.8) is 0 Å². The van der Waals surface area contributed by atoms with Gasteiger partial charge in [-0.05, 0) is 84.9 Å². The van der Waals surface area contributed by atoms with Crippen LogP contribution in [0, 0.1) is 0 Å². The zero-order chi connectivity index (χ0) is 28.0. The molecule has 0 atom stereocenters. The fourth-order valence-corrected chi connectivity index (χ4v) is 6.19. The van der Waals surface area contributed by atoms with Crippen molar-refractivity contribution in [3.8, 4) is 5.75 Å². The molecule has 4 aromatic rings. The van der Waals surface area contributed by atoms with Crippen molar-refractivity contribution in [2.45, 2.75) is 9.79 Å². The van der Waals surface area contributed by atoms with Crippen molar-refractivity contribution in [2.75, 3.05) is 28.0 Å². The lowest BCUT2D eigenvalue weighted by Gasteiger charge is -2.24. The third-order valence-corrected chi connectivity index (χ3v) is 8.96. The van der Waals surface area contributed by atoms with Crippen LogP contribution in [0.2, 0.25) is 5.02 Å². The van der Waals surface area contributed by atoms with Gasteiger partial charge in [0.25, 0.3) is 20.0 Å². The molecule has 0 aliphatic rings. The Morgan fingerprint density at radius 1 is 0.769 bits per heavy atom. The number of nitrogens with one attached hydrogen (secondary N) is 2. The van der Waals surface area contributed by atoms with Gasteiger partial charge in [-0.25, -0.2) is 16.8 Å². The summed E-state index contributed by atoms with van der Waals surface area (Å²) in [5, 5.41) is 3.10. The second kappa shape index (κ2) is 11.8. The van der Waals surface area contributed by atoms with Crippen LogP contribution < -0.4 is 19.1 Å². The van der Waals surface area contributed by atoms with Crippen LogP contribution in [0.3, 0.4) is 0 Å². The van der Waals surface area contributed by atoms with Crippen molar-refractivity contribution in [1.82, 2.24) is 0 Å². The molecule has 2 N–H and O–H groups in total. The second-order valence-corrected chi connectivity index (χ2v) is 12.2. The molecule has 1 amide bonds. The summed E-state index contributed by atoms with van der Waals surface area (Å²) >= 11 is 5.84. The summed E-state index contributed by atoms with van der Waals surface area (Å²) in [6.07, 6.45) is 0. The average molecular weight is 586 g/mol. The number of hydrogen-bond acceptors (Lipinski definition) is 6. The number of carbonyl (C=O) groups excluding carboxylic acids is 1. The van der Waals surface area contributed by atoms with Crippen LogP contribution in [-0.4, -0.2) is 36.4 Å². The topological polar surface area (TPSA) is 122 Å². The lowest BCUT2D eigenvalue weighted by atomic mass is 10.3. The van der Waals surface area contributed by atoms with Crippen LogP contribution in [0.4, 0.5) is 17.1 Å². The molecule has 0 radical (unpaired) electrons. The maximum Gasteiger partial charge on any atom is 0.264 e. The zero-order valence-electron chi connectivity index (χ0n) is 20.6. The normalized spacial score (nSPS) is 11.4. The summed E-state index contributed by atoms with van der Waals surface area (Å²) in [5.74, 6) is -0.0962. The molecule has 0 bridgehead atoms. The molecule has 0 aliphatic carbocycles. The van der Waals surface area contributed by atoms with E-state index in [1.54, 1.807) is 54.6 Å². The number of nitrogens with zero attached hydrogens (tertiary/aromatic N) is 1. The largest absolute Gasteiger partial charge is 0.497 e. The highest BCUT2D eigenvalue weighted by Gasteiger charge is 2.27. The molecule has 0 saturated carbocycles. The van der Waals surface area contributed by atoms with Crippen molar-refractivity contribution < 1.29 is 26.4 Å². The molecule has 9 nitrogen and oxygen atoms in total. The van der Waals surface area contributed by atoms with Gasteiger partial charge in [-0.15, -0.1) is 0 Å². The van der Waals surface area contributed by atoms with Crippen molar-refractivity contribution >= 4 is 54.6 Å². The first-order valence-electron chi connectivity index (χ1n) is 11.5. The molecule has 0 saturated heterocycles. The van der Waals surface area contributed by atoms with E-state index in [4.69, 9.17) is 16.3 Å². The number of benzene rings is 4. The standard InChI is InChI=1S/C27H24ClN3O6S2/c1-37-24-15-13-23(14-16-24)31(39(35,36)26-5-3-2-4-6-26)19-27(32)29-21-11-17-25(18-12-21)38(33,34)30-22-9-7-20(28)8-10-22/h2-18,30H,19H2,1H3,(H,29,32). The van der Waals surface area contributed by atoms with Gasteiger partial charge in [0.2, 0.25) is 5.91 Å². The Hall–Kier alpha value is -4.06. The van der Waals surface area contributed by atoms with Gasteiger partial charge >= 0.3 is 0 Å². The van der Waals surface area contributed by atoms with Gasteiger partial charge in [0.05, 0.1) is 22.6 Å². The molecule has 12 heteroatoms. The number of carbonyl (C=O) groups is 1. The SMILES string of the molecule is COc1ccc(N(CC(=O)Nc2ccc(S(=O)(=O)Nc3ccc(Cl)cc3)cc2)S(=O)(=O)c2ccccc2)cc1. The predicted molar refractivity (Wildman–Crippen MR) is 151 cm³/mol. The number of ether oxygens (including phenoxy) is 1. The maximum atomic E-state index is 13.4. The third kappa shape index (κ3) is 6.88. The van der Waals surface area contributed by atoms with Crippen LogP contribution in [0.15, 0.2) is 113 Å². The Labute approximate surface area is 232 Å². The molecule has 0 aliphatic heterocycles. The van der Waals surface area contributed by atoms with Crippen molar-refractivity contribution in [2.24, 2.45) is 0 Å². The molecule has 4 aromatic carbocycles. The first-order valence-corrected chi connectivity index (χ1v) is 14.8. The maximum absolute atomic E-state index is 13.4. The smallest absolute Gasteiger partial charge is 0.264 e. The number of amides is 1. The van der Waals surface area contributed by atoms with E-state index in [2.05, 4.69) is 10.0 Å². The molecular weight excluding hydrogens is 562 g/mol. The van der Waals surface area contributed by atoms with Crippen LogP contribution in [0.25, 0.3) is 0 Å². The fraction of sp³-hybridized carbons (Fsp3) is 0.0741. The van der Waals surface area contributed by atoms with E-state index in [1.165, 1.54) is 55.6 Å². The third-order valence-electron chi connectivity index (χ3n) is 5.52. The van der Waals surface area contributed by atoms with Gasteiger partial charge in [-0.2, -0.15) is 0 Å². The predicted octanol–water partition coefficient (Wildman–Crippen LogP) is 4.98. The minimum atomic E-state index is -4.08. The average Bonchev–Trinajstić information content (AvgIpc) is 2.94. The number of sulfonamides is 2. The molecule has 202 valence electrons. The first-order chi connectivity index (χ1) is 18.6. The van der Waals surface area contributed by atoms with E-state index >= 15 is 0 Å². The Morgan fingerprint density at radius 3 is 1.95 bits per heavy atom. The van der Waals surface area contributed by atoms with Gasteiger partial charge in [0.15, 0.2) is 0 Å². The number of anilines is 3. The summed E-state index contributed by atoms with van der Waals surface area (Å²) in [6, 6.07) is 25.7. The van der Waals surface area contributed by atoms with Crippen LogP contribution in [0.5, 0.6) is 5.75 Å². The lowest BCUT2D eigenvalue weighted by Crippen LogP contribution is -2.38. The molecule has 0 fully saturated rings. The molecule has 4 rings (SSSR count). The highest BCUT2D eigenvalue weighted by atomic mass is 35.5. The minimum Gasteiger partial charge on any atom is -0.497 e. The van der Waals surface area contributed by atoms with Crippen molar-refractivity contribution in [1.29, 1.82) is 0 Å². The van der Waals surface area contributed by atoms with Gasteiger partial charge in [-0.1, -0.05) is 29.8 Å². The summed E-state index contributed by atoms with van der Waals surface area (Å²) < 4.78 is 60.9. The van der Waals surface area contributed by atoms with Gasteiger partial charge in [0, 0.05) is 16.4 Å². The van der Waals surface area contributed by atoms with Gasteiger partial charge in [-0.3, -0.25) is 13.8 Å². The van der Waals surface area contributed by atoms with E-state index in [0.717, 1.165) is 4.31 Å². The molecule has 0 aromatic heterocycles. The van der Waals surface area contributed by atoms with Gasteiger partial charge < -0.3 is 10.1 Å². The van der Waals surface area contributed by atoms with Gasteiger partial charge in [0.1, 0.15) is 12.3 Å². The Kier molecular flexibility index (Phi) is 8.44. The number of hydrogen-bond donors (Lipinski definition) is 2. The van der Waals surface area contributed by atoms with E-state index < -0.39 is 32.5 Å². The van der Waals surface area contributed by atoms with E-state index in [0.29, 0.717) is 16.5 Å². The Bertz CT molecular complexity index is 1650. The fourth-order valence-electron chi connectivity index (χ4n) is 3.56. The van der Waals surface area contributed by atoms with E-state index in [1.807, 2.05) is 0 Å². The minimum absolute atomic E-state index is 0.0244. The van der Waals surface area contributed by atoms with Crippen LogP contribution in [-0.2, 0) is 24.8 Å². The highest BCUT2D eigenvalue weighted by molar-refractivity contribution is 7.93. The van der Waals surface area contributed by atoms with Crippen molar-refractivity contribution in [3.05, 3.63) is 108 Å². The summed E-state index contributed by atoms with van der Waals surface area (Å²) in [5.41, 5.74) is 0.900. The second-order valence-electron chi connectivity index (χ2n) is 8.21. The van der Waals surface area contributed by atoms with E-state index in [-0.39, 0.29) is 21.2 Å². The monoisotopic (exact) mass is 585 g/mol. The first kappa shape index (κ1) is 28.0.